The number of carbonyl (C=O) groups is 1. The fourth-order valence-electron chi connectivity index (χ4n) is 12.3. The molecule has 4 saturated heterocycles. The fourth-order valence-corrected chi connectivity index (χ4v) is 12.9. The molecule has 16 rings (SSSR count). The number of piperazine rings is 4. The number of hydrogen-bond donors (Lipinski definition) is 1. The molecule has 4 aliphatic heterocycles. The van der Waals surface area contributed by atoms with Crippen LogP contribution in [0.25, 0.3) is 43.9 Å². The van der Waals surface area contributed by atoms with Crippen molar-refractivity contribution in [1.82, 2.24) is 30.6 Å². The van der Waals surface area contributed by atoms with Crippen molar-refractivity contribution in [3.05, 3.63) is 202 Å². The SMILES string of the molecule is Cc1cccc(N2CCN(c3noc4ccccc34)CC2)c1C.Clc1ccccc1N1CCN(c2noc3ccccc23)CC1.O=C(O)c1cnc(N2CCN(c3noc4ccc(C(F)(F)F)cc34)CC2)c(Cl)c1.c1ccc(N2CCN(c3noc4ccccc34)CC2)nc1. The van der Waals surface area contributed by atoms with Crippen molar-refractivity contribution in [3.63, 3.8) is 0 Å². The van der Waals surface area contributed by atoms with Crippen molar-refractivity contribution < 1.29 is 41.2 Å². The van der Waals surface area contributed by atoms with Crippen LogP contribution in [0.1, 0.15) is 27.0 Å². The molecule has 4 fully saturated rings. The Labute approximate surface area is 554 Å². The van der Waals surface area contributed by atoms with E-state index in [1.807, 2.05) is 101 Å². The maximum atomic E-state index is 13.0. The number of hydrogen-bond acceptors (Lipinski definition) is 19. The molecule has 0 amide bonds. The Bertz CT molecular complexity index is 4590. The van der Waals surface area contributed by atoms with E-state index in [2.05, 4.69) is 122 Å². The van der Waals surface area contributed by atoms with Crippen molar-refractivity contribution in [2.75, 3.05) is 144 Å². The molecule has 0 spiro atoms. The second-order valence-electron chi connectivity index (χ2n) is 23.3. The van der Waals surface area contributed by atoms with Crippen molar-refractivity contribution in [1.29, 1.82) is 0 Å². The number of para-hydroxylation sites is 4. The third-order valence-corrected chi connectivity index (χ3v) is 18.2. The molecule has 4 aliphatic rings. The van der Waals surface area contributed by atoms with E-state index in [9.17, 15) is 18.0 Å². The first-order valence-corrected chi connectivity index (χ1v) is 32.1. The van der Waals surface area contributed by atoms with Gasteiger partial charge in [0.2, 0.25) is 0 Å². The topological polar surface area (TPSA) is 193 Å². The third kappa shape index (κ3) is 14.0. The zero-order chi connectivity index (χ0) is 65.6. The quantitative estimate of drug-likeness (QED) is 0.143. The molecule has 25 heteroatoms. The number of halogens is 5. The molecule has 1 N–H and O–H groups in total. The number of carboxylic acid groups (broad SMARTS) is 1. The van der Waals surface area contributed by atoms with E-state index in [-0.39, 0.29) is 16.2 Å². The Morgan fingerprint density at radius 2 is 0.832 bits per heavy atom. The maximum absolute atomic E-state index is 13.0. The Morgan fingerprint density at radius 1 is 0.421 bits per heavy atom. The van der Waals surface area contributed by atoms with E-state index in [1.165, 1.54) is 35.1 Å². The van der Waals surface area contributed by atoms with Gasteiger partial charge in [-0.05, 0) is 116 Å². The molecule has 0 bridgehead atoms. The number of alkyl halides is 3. The maximum Gasteiger partial charge on any atom is 0.416 e. The minimum Gasteiger partial charge on any atom is -0.478 e. The van der Waals surface area contributed by atoms with E-state index in [1.54, 1.807) is 0 Å². The number of rotatable bonds is 9. The number of carboxylic acids is 1. The molecule has 6 aromatic carbocycles. The second kappa shape index (κ2) is 28.1. The molecule has 95 heavy (non-hydrogen) atoms. The summed E-state index contributed by atoms with van der Waals surface area (Å²) < 4.78 is 60.5. The van der Waals surface area contributed by atoms with Crippen LogP contribution in [0.3, 0.4) is 0 Å². The van der Waals surface area contributed by atoms with Gasteiger partial charge < -0.3 is 62.4 Å². The average molecular weight is 1330 g/mol. The van der Waals surface area contributed by atoms with E-state index in [0.717, 1.165) is 158 Å². The van der Waals surface area contributed by atoms with Crippen molar-refractivity contribution in [2.24, 2.45) is 0 Å². The van der Waals surface area contributed by atoms with E-state index < -0.39 is 17.7 Å². The summed E-state index contributed by atoms with van der Waals surface area (Å²) in [6, 6.07) is 49.2. The van der Waals surface area contributed by atoms with Crippen LogP contribution in [0.5, 0.6) is 0 Å². The largest absolute Gasteiger partial charge is 0.478 e. The number of aromatic carboxylic acids is 1. The highest BCUT2D eigenvalue weighted by Crippen LogP contribution is 2.37. The van der Waals surface area contributed by atoms with Crippen LogP contribution < -0.4 is 39.2 Å². The molecule has 0 radical (unpaired) electrons. The predicted octanol–water partition coefficient (Wildman–Crippen LogP) is 14.0. The minimum atomic E-state index is -4.45. The highest BCUT2D eigenvalue weighted by atomic mass is 35.5. The first kappa shape index (κ1) is 63.5. The highest BCUT2D eigenvalue weighted by molar-refractivity contribution is 6.33. The molecule has 10 heterocycles. The van der Waals surface area contributed by atoms with Gasteiger partial charge in [-0.1, -0.05) is 111 Å². The standard InChI is InChI=1S/C19H21N3O.C18H14ClF3N4O3.C17H16ClN3O.C16H16N4O/c1-14-6-5-8-17(15(14)2)21-10-12-22(13-11-21)19-16-7-3-4-9-18(16)23-20-19;19-13-7-10(17(27)28)9-23-16(13)26-5-3-25(4-6-26)15-12-8-11(18(20,21)22)1-2-14(12)29-24-15;18-14-6-2-3-7-15(14)20-9-11-21(12-10-20)17-13-5-1-4-8-16(13)22-19-17;1-2-6-14-13(5-1)16(18-21-14)20-11-9-19(10-12-20)15-7-3-4-8-17-15/h3-9H,10-13H2,1-2H3;1-2,7-9H,3-6H2,(H,27,28);1-8H,9-12H2;1-8H,9-12H2. The van der Waals surface area contributed by atoms with Crippen LogP contribution in [0.4, 0.5) is 59.5 Å². The van der Waals surface area contributed by atoms with Crippen molar-refractivity contribution in [3.8, 4) is 0 Å². The van der Waals surface area contributed by atoms with Crippen LogP contribution >= 0.6 is 23.2 Å². The monoisotopic (exact) mass is 1330 g/mol. The van der Waals surface area contributed by atoms with Crippen molar-refractivity contribution >= 4 is 119 Å². The fraction of sp³-hybridized carbons (Fsp3) is 0.271. The summed E-state index contributed by atoms with van der Waals surface area (Å²) in [5, 5.41) is 30.3. The molecule has 0 unspecified atom stereocenters. The Kier molecular flexibility index (Phi) is 18.8. The second-order valence-corrected chi connectivity index (χ2v) is 24.1. The summed E-state index contributed by atoms with van der Waals surface area (Å²) in [6.45, 7) is 17.6. The van der Waals surface area contributed by atoms with Gasteiger partial charge in [0.1, 0.15) is 11.6 Å². The molecule has 12 aromatic rings. The summed E-state index contributed by atoms with van der Waals surface area (Å²) in [5.41, 5.74) is 7.26. The average Bonchev–Trinajstić information content (AvgIpc) is 1.84. The van der Waals surface area contributed by atoms with Crippen LogP contribution in [0.2, 0.25) is 10.0 Å². The van der Waals surface area contributed by atoms with E-state index in [4.69, 9.17) is 46.4 Å². The third-order valence-electron chi connectivity index (χ3n) is 17.6. The summed E-state index contributed by atoms with van der Waals surface area (Å²) in [4.78, 5) is 37.3. The number of aromatic nitrogens is 6. The zero-order valence-corrected chi connectivity index (χ0v) is 53.6. The number of aryl methyl sites for hydroxylation is 1. The molecular weight excluding hydrogens is 1260 g/mol. The smallest absolute Gasteiger partial charge is 0.416 e. The number of nitrogens with zero attached hydrogens (tertiary/aromatic N) is 14. The first-order valence-electron chi connectivity index (χ1n) is 31.3. The molecule has 0 aliphatic carbocycles. The van der Waals surface area contributed by atoms with Gasteiger partial charge in [0.05, 0.1) is 48.4 Å². The Morgan fingerprint density at radius 3 is 1.29 bits per heavy atom. The lowest BCUT2D eigenvalue weighted by atomic mass is 10.1. The van der Waals surface area contributed by atoms with Crippen molar-refractivity contribution in [2.45, 2.75) is 20.0 Å². The predicted molar refractivity (Wildman–Crippen MR) is 367 cm³/mol. The lowest BCUT2D eigenvalue weighted by molar-refractivity contribution is -0.137. The molecule has 0 atom stereocenters. The summed E-state index contributed by atoms with van der Waals surface area (Å²) in [7, 11) is 0. The number of benzene rings is 6. The molecule has 0 saturated carbocycles. The minimum absolute atomic E-state index is 0.00748. The number of pyridine rings is 2. The molecule has 6 aromatic heterocycles. The molecule has 488 valence electrons. The molecular formula is C70H67Cl2F3N14O6. The summed E-state index contributed by atoms with van der Waals surface area (Å²) in [5.74, 6) is 3.60. The molecule has 20 nitrogen and oxygen atoms in total. The normalized spacial score (nSPS) is 15.4. The van der Waals surface area contributed by atoms with Crippen LogP contribution in [-0.4, -0.2) is 146 Å². The Hall–Kier alpha value is -10.3. The van der Waals surface area contributed by atoms with E-state index >= 15 is 0 Å². The highest BCUT2D eigenvalue weighted by Gasteiger charge is 2.33. The van der Waals surface area contributed by atoms with Crippen LogP contribution in [0.15, 0.2) is 188 Å². The van der Waals surface area contributed by atoms with Gasteiger partial charge in [-0.15, -0.1) is 0 Å². The number of anilines is 8. The van der Waals surface area contributed by atoms with Crippen LogP contribution in [0, 0.1) is 13.8 Å². The van der Waals surface area contributed by atoms with Gasteiger partial charge >= 0.3 is 12.1 Å². The lowest BCUT2D eigenvalue weighted by Crippen LogP contribution is -2.47. The number of fused-ring (bicyclic) bond motifs is 4. The zero-order valence-electron chi connectivity index (χ0n) is 52.1. The van der Waals surface area contributed by atoms with Gasteiger partial charge in [-0.25, -0.2) is 14.8 Å². The van der Waals surface area contributed by atoms with E-state index in [0.29, 0.717) is 43.2 Å². The summed E-state index contributed by atoms with van der Waals surface area (Å²) >= 11 is 12.5. The van der Waals surface area contributed by atoms with Gasteiger partial charge in [0, 0.05) is 123 Å². The van der Waals surface area contributed by atoms with Gasteiger partial charge in [-0.3, -0.25) is 0 Å². The van der Waals surface area contributed by atoms with Crippen LogP contribution in [-0.2, 0) is 6.18 Å². The Balaban J connectivity index is 0.000000116. The summed E-state index contributed by atoms with van der Waals surface area (Å²) in [6.07, 6.45) is -1.38. The van der Waals surface area contributed by atoms with Gasteiger partial charge in [-0.2, -0.15) is 13.2 Å². The van der Waals surface area contributed by atoms with Gasteiger partial charge in [0.15, 0.2) is 45.6 Å². The first-order chi connectivity index (χ1) is 46.2. The van der Waals surface area contributed by atoms with Gasteiger partial charge in [0.25, 0.3) is 0 Å². The lowest BCUT2D eigenvalue weighted by Gasteiger charge is -2.37.